The normalized spacial score (nSPS) is 30.3. The maximum Gasteiger partial charge on any atom is 0.136 e. The van der Waals surface area contributed by atoms with Crippen LogP contribution in [-0.4, -0.2) is 16.8 Å². The van der Waals surface area contributed by atoms with Gasteiger partial charge in [-0.15, -0.1) is 18.3 Å². The molecule has 0 N–H and O–H groups in total. The van der Waals surface area contributed by atoms with Gasteiger partial charge in [0, 0.05) is 0 Å². The molecule has 1 aliphatic heterocycles. The lowest BCUT2D eigenvalue weighted by Gasteiger charge is -2.20. The van der Waals surface area contributed by atoms with E-state index < -0.39 is 0 Å². The predicted molar refractivity (Wildman–Crippen MR) is 49.9 cm³/mol. The average Bonchev–Trinajstić information content (AvgIpc) is 2.36. The summed E-state index contributed by atoms with van der Waals surface area (Å²) in [5.74, 6) is 1.13. The van der Waals surface area contributed by atoms with Gasteiger partial charge in [-0.25, -0.2) is 0 Å². The third kappa shape index (κ3) is 2.09. The molecular weight excluding hydrogens is 156 g/mol. The molecule has 62 valence electrons. The van der Waals surface area contributed by atoms with Crippen molar-refractivity contribution in [3.05, 3.63) is 12.2 Å². The van der Waals surface area contributed by atoms with Gasteiger partial charge in [0.25, 0.3) is 0 Å². The Balaban J connectivity index is 2.59. The quantitative estimate of drug-likeness (QED) is 0.478. The highest BCUT2D eigenvalue weighted by Gasteiger charge is 2.33. The van der Waals surface area contributed by atoms with E-state index in [4.69, 9.17) is 0 Å². The molecule has 0 spiro atoms. The van der Waals surface area contributed by atoms with Crippen molar-refractivity contribution in [2.24, 2.45) is 0 Å². The van der Waals surface area contributed by atoms with E-state index in [2.05, 4.69) is 6.58 Å². The number of rotatable bonds is 3. The highest BCUT2D eigenvalue weighted by molar-refractivity contribution is 8.01. The van der Waals surface area contributed by atoms with E-state index in [0.29, 0.717) is 0 Å². The molecule has 1 aliphatic rings. The summed E-state index contributed by atoms with van der Waals surface area (Å²) >= 11 is 1.79. The molecule has 1 unspecified atom stereocenters. The minimum Gasteiger partial charge on any atom is -0.302 e. The minimum absolute atomic E-state index is 0.105. The van der Waals surface area contributed by atoms with E-state index in [1.54, 1.807) is 11.8 Å². The van der Waals surface area contributed by atoms with Gasteiger partial charge in [0.2, 0.25) is 0 Å². The Hall–Kier alpha value is -0.240. The van der Waals surface area contributed by atoms with Crippen LogP contribution in [0.5, 0.6) is 0 Å². The van der Waals surface area contributed by atoms with Crippen molar-refractivity contribution in [2.45, 2.75) is 30.9 Å². The maximum absolute atomic E-state index is 10.8. The van der Waals surface area contributed by atoms with Crippen LogP contribution in [0.25, 0.3) is 0 Å². The Morgan fingerprint density at radius 2 is 2.55 bits per heavy atom. The summed E-state index contributed by atoms with van der Waals surface area (Å²) < 4.78 is -0.105. The fourth-order valence-electron chi connectivity index (χ4n) is 1.50. The van der Waals surface area contributed by atoms with Crippen LogP contribution >= 0.6 is 11.8 Å². The molecule has 1 atom stereocenters. The van der Waals surface area contributed by atoms with Gasteiger partial charge in [0.1, 0.15) is 6.29 Å². The van der Waals surface area contributed by atoms with Crippen LogP contribution < -0.4 is 0 Å². The topological polar surface area (TPSA) is 17.1 Å². The summed E-state index contributed by atoms with van der Waals surface area (Å²) in [6.45, 7) is 5.83. The lowest BCUT2D eigenvalue weighted by molar-refractivity contribution is -0.109. The van der Waals surface area contributed by atoms with Crippen LogP contribution in [0.1, 0.15) is 26.2 Å². The molecule has 0 aromatic rings. The third-order valence-electron chi connectivity index (χ3n) is 1.95. The number of aldehydes is 1. The van der Waals surface area contributed by atoms with Crippen molar-refractivity contribution in [3.8, 4) is 0 Å². The van der Waals surface area contributed by atoms with Crippen LogP contribution in [0, 0.1) is 0 Å². The Labute approximate surface area is 72.2 Å². The lowest BCUT2D eigenvalue weighted by atomic mass is 9.97. The van der Waals surface area contributed by atoms with E-state index in [1.807, 2.05) is 6.92 Å². The van der Waals surface area contributed by atoms with E-state index >= 15 is 0 Å². The summed E-state index contributed by atoms with van der Waals surface area (Å²) in [6, 6.07) is 0. The van der Waals surface area contributed by atoms with Gasteiger partial charge in [-0.2, -0.15) is 0 Å². The molecule has 0 saturated carbocycles. The van der Waals surface area contributed by atoms with Crippen molar-refractivity contribution in [3.63, 3.8) is 0 Å². The molecule has 1 heterocycles. The van der Waals surface area contributed by atoms with Crippen LogP contribution in [-0.2, 0) is 4.79 Å². The first kappa shape index (κ1) is 8.85. The Bertz CT molecular complexity index is 168. The first-order valence-corrected chi connectivity index (χ1v) is 4.92. The molecule has 0 aliphatic carbocycles. The summed E-state index contributed by atoms with van der Waals surface area (Å²) in [5.41, 5.74) is 1.12. The molecule has 0 amide bonds. The average molecular weight is 170 g/mol. The maximum atomic E-state index is 10.8. The number of allylic oxidation sites excluding steroid dienone is 1. The highest BCUT2D eigenvalue weighted by atomic mass is 32.2. The number of carbonyl (C=O) groups excluding carboxylic acids is 1. The van der Waals surface area contributed by atoms with E-state index in [-0.39, 0.29) is 4.75 Å². The first-order valence-electron chi connectivity index (χ1n) is 3.93. The molecule has 1 rings (SSSR count). The predicted octanol–water partition coefficient (Wildman–Crippen LogP) is 2.42. The van der Waals surface area contributed by atoms with E-state index in [0.717, 1.165) is 30.5 Å². The van der Waals surface area contributed by atoms with Gasteiger partial charge in [-0.3, -0.25) is 0 Å². The van der Waals surface area contributed by atoms with Crippen molar-refractivity contribution in [1.29, 1.82) is 0 Å². The van der Waals surface area contributed by atoms with E-state index in [9.17, 15) is 4.79 Å². The summed E-state index contributed by atoms with van der Waals surface area (Å²) in [4.78, 5) is 10.8. The zero-order chi connectivity index (χ0) is 8.32. The second kappa shape index (κ2) is 3.44. The summed E-state index contributed by atoms with van der Waals surface area (Å²) in [5, 5.41) is 0. The number of hydrogen-bond acceptors (Lipinski definition) is 2. The molecule has 0 aromatic heterocycles. The van der Waals surface area contributed by atoms with Gasteiger partial charge in [-0.1, -0.05) is 5.57 Å². The first-order chi connectivity index (χ1) is 5.18. The molecule has 1 saturated heterocycles. The van der Waals surface area contributed by atoms with Crippen LogP contribution in [0.3, 0.4) is 0 Å². The van der Waals surface area contributed by atoms with Gasteiger partial charge >= 0.3 is 0 Å². The van der Waals surface area contributed by atoms with E-state index in [1.165, 1.54) is 6.42 Å². The molecule has 11 heavy (non-hydrogen) atoms. The summed E-state index contributed by atoms with van der Waals surface area (Å²) in [7, 11) is 0. The monoisotopic (exact) mass is 170 g/mol. The zero-order valence-electron chi connectivity index (χ0n) is 6.93. The largest absolute Gasteiger partial charge is 0.302 e. The molecule has 1 fully saturated rings. The van der Waals surface area contributed by atoms with Gasteiger partial charge in [0.05, 0.1) is 4.75 Å². The Morgan fingerprint density at radius 1 is 1.82 bits per heavy atom. The lowest BCUT2D eigenvalue weighted by Crippen LogP contribution is -2.22. The fourth-order valence-corrected chi connectivity index (χ4v) is 2.90. The van der Waals surface area contributed by atoms with Gasteiger partial charge < -0.3 is 4.79 Å². The molecular formula is C9H14OS. The van der Waals surface area contributed by atoms with Crippen molar-refractivity contribution in [1.82, 2.24) is 0 Å². The SMILES string of the molecule is C=C(C)CC1(C=O)CCCS1. The number of carbonyl (C=O) groups is 1. The van der Waals surface area contributed by atoms with Crippen molar-refractivity contribution >= 4 is 18.0 Å². The zero-order valence-corrected chi connectivity index (χ0v) is 7.75. The highest BCUT2D eigenvalue weighted by Crippen LogP contribution is 2.40. The Morgan fingerprint density at radius 3 is 2.91 bits per heavy atom. The van der Waals surface area contributed by atoms with Crippen molar-refractivity contribution < 1.29 is 4.79 Å². The fraction of sp³-hybridized carbons (Fsp3) is 0.667. The Kier molecular flexibility index (Phi) is 2.77. The molecule has 2 heteroatoms. The standard InChI is InChI=1S/C9H14OS/c1-8(2)6-9(7-10)4-3-5-11-9/h7H,1,3-6H2,2H3. The number of thioether (sulfide) groups is 1. The van der Waals surface area contributed by atoms with Crippen LogP contribution in [0.15, 0.2) is 12.2 Å². The van der Waals surface area contributed by atoms with Gasteiger partial charge in [0.15, 0.2) is 0 Å². The molecule has 1 nitrogen and oxygen atoms in total. The number of hydrogen-bond donors (Lipinski definition) is 0. The molecule has 0 bridgehead atoms. The van der Waals surface area contributed by atoms with Crippen molar-refractivity contribution in [2.75, 3.05) is 5.75 Å². The second-order valence-electron chi connectivity index (χ2n) is 3.27. The molecule has 0 aromatic carbocycles. The minimum atomic E-state index is -0.105. The van der Waals surface area contributed by atoms with Crippen LogP contribution in [0.2, 0.25) is 0 Å². The smallest absolute Gasteiger partial charge is 0.136 e. The third-order valence-corrected chi connectivity index (χ3v) is 3.46. The second-order valence-corrected chi connectivity index (χ2v) is 4.78. The summed E-state index contributed by atoms with van der Waals surface area (Å²) in [6.07, 6.45) is 4.19. The van der Waals surface area contributed by atoms with Gasteiger partial charge in [-0.05, 0) is 31.9 Å². The van der Waals surface area contributed by atoms with Crippen LogP contribution in [0.4, 0.5) is 0 Å². The molecule has 0 radical (unpaired) electrons.